The number of halogens is 1. The average Bonchev–Trinajstić information content (AvgIpc) is 2.74. The number of urea groups is 1. The summed E-state index contributed by atoms with van der Waals surface area (Å²) in [7, 11) is 1.69. The summed E-state index contributed by atoms with van der Waals surface area (Å²) in [6.45, 7) is 2.82. The van der Waals surface area contributed by atoms with Crippen LogP contribution in [0.4, 0.5) is 26.5 Å². The normalized spacial score (nSPS) is 18.6. The largest absolute Gasteiger partial charge is 0.378 e. The highest BCUT2D eigenvalue weighted by molar-refractivity contribution is 5.98. The van der Waals surface area contributed by atoms with E-state index in [1.165, 1.54) is 11.1 Å². The van der Waals surface area contributed by atoms with Crippen molar-refractivity contribution in [3.63, 3.8) is 0 Å². The molecule has 0 unspecified atom stereocenters. The van der Waals surface area contributed by atoms with Crippen molar-refractivity contribution in [2.45, 2.75) is 25.6 Å². The Labute approximate surface area is 174 Å². The molecule has 2 atom stereocenters. The summed E-state index contributed by atoms with van der Waals surface area (Å²) in [4.78, 5) is 35.5. The van der Waals surface area contributed by atoms with Gasteiger partial charge in [-0.05, 0) is 25.5 Å². The van der Waals surface area contributed by atoms with E-state index in [2.05, 4.69) is 20.6 Å². The molecule has 30 heavy (non-hydrogen) atoms. The third-order valence-corrected chi connectivity index (χ3v) is 5.04. The number of carbonyl (C=O) groups is 2. The Hall–Kier alpha value is -3.43. The second kappa shape index (κ2) is 9.38. The molecule has 0 radical (unpaired) electrons. The van der Waals surface area contributed by atoms with Gasteiger partial charge in [-0.15, -0.1) is 0 Å². The first-order valence-electron chi connectivity index (χ1n) is 9.77. The molecule has 9 nitrogen and oxygen atoms in total. The zero-order chi connectivity index (χ0) is 21.7. The van der Waals surface area contributed by atoms with E-state index in [0.29, 0.717) is 36.8 Å². The second-order valence-electron chi connectivity index (χ2n) is 7.12. The van der Waals surface area contributed by atoms with E-state index in [9.17, 15) is 14.0 Å². The van der Waals surface area contributed by atoms with Crippen molar-refractivity contribution < 1.29 is 14.0 Å². The van der Waals surface area contributed by atoms with Crippen LogP contribution in [-0.4, -0.2) is 70.6 Å². The van der Waals surface area contributed by atoms with Gasteiger partial charge in [-0.2, -0.15) is 0 Å². The van der Waals surface area contributed by atoms with E-state index in [4.69, 9.17) is 5.73 Å². The molecule has 1 aliphatic heterocycles. The van der Waals surface area contributed by atoms with Gasteiger partial charge in [-0.3, -0.25) is 4.79 Å². The first kappa shape index (κ1) is 21.3. The third kappa shape index (κ3) is 4.94. The highest BCUT2D eigenvalue weighted by Gasteiger charge is 2.33. The second-order valence-corrected chi connectivity index (χ2v) is 7.12. The van der Waals surface area contributed by atoms with Crippen molar-refractivity contribution in [1.29, 1.82) is 0 Å². The highest BCUT2D eigenvalue weighted by atomic mass is 19.1. The summed E-state index contributed by atoms with van der Waals surface area (Å²) in [5.74, 6) is 0.355. The van der Waals surface area contributed by atoms with E-state index < -0.39 is 18.1 Å². The first-order valence-corrected chi connectivity index (χ1v) is 9.77. The van der Waals surface area contributed by atoms with E-state index in [0.717, 1.165) is 0 Å². The molecule has 1 fully saturated rings. The summed E-state index contributed by atoms with van der Waals surface area (Å²) in [5, 5.41) is 6.11. The number of carbonyl (C=O) groups excluding carboxylic acids is 2. The van der Waals surface area contributed by atoms with Crippen LogP contribution in [-0.2, 0) is 0 Å². The van der Waals surface area contributed by atoms with Crippen LogP contribution < -0.4 is 16.4 Å². The van der Waals surface area contributed by atoms with Gasteiger partial charge in [0.05, 0.1) is 23.8 Å². The van der Waals surface area contributed by atoms with Gasteiger partial charge in [-0.1, -0.05) is 6.07 Å². The summed E-state index contributed by atoms with van der Waals surface area (Å²) in [6, 6.07) is 6.23. The van der Waals surface area contributed by atoms with Crippen LogP contribution >= 0.6 is 0 Å². The molecule has 0 saturated carbocycles. The number of anilines is 3. The standard InChI is InChI=1S/C20H26FN7O2/c1-3-27(2)20(30)28-9-7-15(14(21)12-28)25-16-10-18(24-11-13(16)19(22)29)26-17-6-4-5-8-23-17/h4-6,8,10-11,14-15H,3,7,9,12H2,1-2H3,(H2,22,29)(H2,23,24,25,26)/t14-,15+/m0/s1. The van der Waals surface area contributed by atoms with E-state index >= 15 is 0 Å². The number of rotatable bonds is 6. The summed E-state index contributed by atoms with van der Waals surface area (Å²) >= 11 is 0. The lowest BCUT2D eigenvalue weighted by molar-refractivity contribution is 0.1000. The number of hydrogen-bond acceptors (Lipinski definition) is 6. The number of aromatic nitrogens is 2. The molecule has 0 spiro atoms. The molecule has 0 aromatic carbocycles. The maximum atomic E-state index is 14.9. The molecule has 4 N–H and O–H groups in total. The zero-order valence-corrected chi connectivity index (χ0v) is 17.0. The minimum atomic E-state index is -1.30. The Bertz CT molecular complexity index is 896. The van der Waals surface area contributed by atoms with Gasteiger partial charge in [0.1, 0.15) is 17.8 Å². The zero-order valence-electron chi connectivity index (χ0n) is 17.0. The summed E-state index contributed by atoms with van der Waals surface area (Å²) in [5.41, 5.74) is 6.01. The highest BCUT2D eigenvalue weighted by Crippen LogP contribution is 2.25. The molecule has 2 aromatic heterocycles. The molecular weight excluding hydrogens is 389 g/mol. The number of amides is 3. The van der Waals surface area contributed by atoms with Crippen LogP contribution in [0.3, 0.4) is 0 Å². The van der Waals surface area contributed by atoms with Gasteiger partial charge >= 0.3 is 6.03 Å². The van der Waals surface area contributed by atoms with Crippen molar-refractivity contribution >= 4 is 29.3 Å². The van der Waals surface area contributed by atoms with Gasteiger partial charge in [-0.25, -0.2) is 19.2 Å². The van der Waals surface area contributed by atoms with Gasteiger partial charge < -0.3 is 26.2 Å². The summed E-state index contributed by atoms with van der Waals surface area (Å²) < 4.78 is 14.9. The van der Waals surface area contributed by atoms with E-state index in [-0.39, 0.29) is 18.1 Å². The topological polar surface area (TPSA) is 116 Å². The van der Waals surface area contributed by atoms with Gasteiger partial charge in [0.15, 0.2) is 0 Å². The van der Waals surface area contributed by atoms with Crippen LogP contribution in [0.1, 0.15) is 23.7 Å². The van der Waals surface area contributed by atoms with Gasteiger partial charge in [0.25, 0.3) is 5.91 Å². The molecule has 10 heteroatoms. The maximum absolute atomic E-state index is 14.9. The van der Waals surface area contributed by atoms with E-state index in [1.807, 2.05) is 13.0 Å². The molecule has 3 amide bonds. The SMILES string of the molecule is CCN(C)C(=O)N1CC[C@@H](Nc2cc(Nc3ccccn3)ncc2C(N)=O)[C@@H](F)C1. The Morgan fingerprint density at radius 1 is 1.33 bits per heavy atom. The minimum absolute atomic E-state index is 0.0170. The molecule has 1 aliphatic rings. The molecule has 3 heterocycles. The molecule has 3 rings (SSSR count). The molecule has 1 saturated heterocycles. The molecular formula is C20H26FN7O2. The Balaban J connectivity index is 1.74. The van der Waals surface area contributed by atoms with Crippen LogP contribution in [0.25, 0.3) is 0 Å². The van der Waals surface area contributed by atoms with Crippen molar-refractivity contribution in [2.75, 3.05) is 37.3 Å². The van der Waals surface area contributed by atoms with Crippen molar-refractivity contribution in [2.24, 2.45) is 5.73 Å². The van der Waals surface area contributed by atoms with Crippen molar-refractivity contribution in [3.8, 4) is 0 Å². The molecule has 0 bridgehead atoms. The van der Waals surface area contributed by atoms with Crippen molar-refractivity contribution in [1.82, 2.24) is 19.8 Å². The Morgan fingerprint density at radius 3 is 2.77 bits per heavy atom. The Morgan fingerprint density at radius 2 is 2.13 bits per heavy atom. The fourth-order valence-electron chi connectivity index (χ4n) is 3.22. The molecule has 160 valence electrons. The predicted octanol–water partition coefficient (Wildman–Crippen LogP) is 2.22. The van der Waals surface area contributed by atoms with Gasteiger partial charge in [0, 0.05) is 38.6 Å². The first-order chi connectivity index (χ1) is 14.4. The van der Waals surface area contributed by atoms with Crippen molar-refractivity contribution in [3.05, 3.63) is 42.2 Å². The summed E-state index contributed by atoms with van der Waals surface area (Å²) in [6.07, 6.45) is 2.08. The lowest BCUT2D eigenvalue weighted by Gasteiger charge is -2.37. The van der Waals surface area contributed by atoms with Gasteiger partial charge in [0.2, 0.25) is 0 Å². The third-order valence-electron chi connectivity index (χ3n) is 5.04. The monoisotopic (exact) mass is 415 g/mol. The minimum Gasteiger partial charge on any atom is -0.378 e. The molecule has 0 aliphatic carbocycles. The van der Waals surface area contributed by atoms with E-state index in [1.54, 1.807) is 36.3 Å². The molecule has 2 aromatic rings. The van der Waals surface area contributed by atoms with Crippen LogP contribution in [0.5, 0.6) is 0 Å². The maximum Gasteiger partial charge on any atom is 0.319 e. The number of hydrogen-bond donors (Lipinski definition) is 3. The number of primary amides is 1. The number of likely N-dealkylation sites (tertiary alicyclic amines) is 1. The lowest BCUT2D eigenvalue weighted by atomic mass is 10.0. The van der Waals surface area contributed by atoms with Crippen LogP contribution in [0, 0.1) is 0 Å². The number of nitrogens with one attached hydrogen (secondary N) is 2. The number of pyridine rings is 2. The number of nitrogens with zero attached hydrogens (tertiary/aromatic N) is 4. The fourth-order valence-corrected chi connectivity index (χ4v) is 3.22. The number of nitrogens with two attached hydrogens (primary N) is 1. The predicted molar refractivity (Wildman–Crippen MR) is 112 cm³/mol. The Kier molecular flexibility index (Phi) is 6.65. The average molecular weight is 415 g/mol. The number of alkyl halides is 1. The quantitative estimate of drug-likeness (QED) is 0.666. The fraction of sp³-hybridized carbons (Fsp3) is 0.400. The number of piperidine rings is 1. The van der Waals surface area contributed by atoms with Crippen LogP contribution in [0.15, 0.2) is 36.7 Å². The smallest absolute Gasteiger partial charge is 0.319 e. The van der Waals surface area contributed by atoms with Crippen LogP contribution in [0.2, 0.25) is 0 Å². The lowest BCUT2D eigenvalue weighted by Crippen LogP contribution is -2.53.